The zero-order valence-corrected chi connectivity index (χ0v) is 6.63. The van der Waals surface area contributed by atoms with Crippen LogP contribution in [0.25, 0.3) is 0 Å². The monoisotopic (exact) mass is 152 g/mol. The zero-order valence-electron chi connectivity index (χ0n) is 6.63. The van der Waals surface area contributed by atoms with Gasteiger partial charge in [-0.15, -0.1) is 0 Å². The number of allylic oxidation sites excluding steroid dienone is 1. The highest BCUT2D eigenvalue weighted by Gasteiger charge is 2.16. The smallest absolute Gasteiger partial charge is 0.159 e. The third-order valence-corrected chi connectivity index (χ3v) is 1.92. The number of ether oxygens (including phenoxy) is 1. The van der Waals surface area contributed by atoms with Gasteiger partial charge in [0, 0.05) is 13.6 Å². The fraction of sp³-hybridized carbons (Fsp3) is 0.500. The molecular formula is C8H12N2O. The molecule has 2 aliphatic rings. The third-order valence-electron chi connectivity index (χ3n) is 1.92. The van der Waals surface area contributed by atoms with E-state index in [4.69, 9.17) is 4.74 Å². The van der Waals surface area contributed by atoms with Crippen molar-refractivity contribution in [1.29, 1.82) is 0 Å². The second-order valence-corrected chi connectivity index (χ2v) is 2.77. The maximum Gasteiger partial charge on any atom is 0.159 e. The summed E-state index contributed by atoms with van der Waals surface area (Å²) in [6, 6.07) is 0. The Bertz CT molecular complexity index is 220. The van der Waals surface area contributed by atoms with Crippen LogP contribution in [0.3, 0.4) is 0 Å². The maximum atomic E-state index is 5.44. The van der Waals surface area contributed by atoms with Gasteiger partial charge < -0.3 is 15.0 Å². The third kappa shape index (κ3) is 1.06. The van der Waals surface area contributed by atoms with Gasteiger partial charge in [-0.2, -0.15) is 0 Å². The van der Waals surface area contributed by atoms with E-state index < -0.39 is 0 Å². The Morgan fingerprint density at radius 3 is 3.36 bits per heavy atom. The van der Waals surface area contributed by atoms with E-state index in [1.54, 1.807) is 0 Å². The van der Waals surface area contributed by atoms with Crippen molar-refractivity contribution in [2.75, 3.05) is 26.7 Å². The molecule has 3 heteroatoms. The molecule has 0 saturated heterocycles. The number of hydrogen-bond acceptors (Lipinski definition) is 3. The topological polar surface area (TPSA) is 24.5 Å². The Labute approximate surface area is 66.3 Å². The van der Waals surface area contributed by atoms with Crippen LogP contribution in [0.15, 0.2) is 23.7 Å². The summed E-state index contributed by atoms with van der Waals surface area (Å²) >= 11 is 0. The van der Waals surface area contributed by atoms with Gasteiger partial charge in [0.05, 0.1) is 6.54 Å². The van der Waals surface area contributed by atoms with Crippen LogP contribution < -0.4 is 5.32 Å². The molecule has 60 valence electrons. The van der Waals surface area contributed by atoms with Crippen LogP contribution in [0.4, 0.5) is 0 Å². The minimum absolute atomic E-state index is 0.775. The summed E-state index contributed by atoms with van der Waals surface area (Å²) in [5, 5.41) is 3.30. The van der Waals surface area contributed by atoms with Crippen molar-refractivity contribution < 1.29 is 4.74 Å². The molecule has 0 aromatic rings. The first-order chi connectivity index (χ1) is 5.38. The first-order valence-corrected chi connectivity index (χ1v) is 3.86. The van der Waals surface area contributed by atoms with Gasteiger partial charge in [-0.3, -0.25) is 0 Å². The molecule has 0 aromatic carbocycles. The minimum atomic E-state index is 0.775. The first-order valence-electron chi connectivity index (χ1n) is 3.86. The summed E-state index contributed by atoms with van der Waals surface area (Å²) in [6.07, 6.45) is 4.13. The average Bonchev–Trinajstić information content (AvgIpc) is 2.06. The molecule has 0 atom stereocenters. The molecule has 3 nitrogen and oxygen atoms in total. The number of nitrogens with one attached hydrogen (secondary N) is 1. The lowest BCUT2D eigenvalue weighted by atomic mass is 10.3. The Hall–Kier alpha value is -1.12. The van der Waals surface area contributed by atoms with Gasteiger partial charge in [0.2, 0.25) is 0 Å². The Morgan fingerprint density at radius 1 is 1.64 bits per heavy atom. The van der Waals surface area contributed by atoms with Crippen molar-refractivity contribution in [3.63, 3.8) is 0 Å². The molecule has 0 aromatic heterocycles. The first kappa shape index (κ1) is 6.58. The maximum absolute atomic E-state index is 5.44. The zero-order chi connectivity index (χ0) is 7.68. The summed E-state index contributed by atoms with van der Waals surface area (Å²) in [5.74, 6) is 2.10. The Balaban J connectivity index is 2.27. The summed E-state index contributed by atoms with van der Waals surface area (Å²) in [6.45, 7) is 2.66. The number of hydrogen-bond donors (Lipinski definition) is 1. The second kappa shape index (κ2) is 2.49. The molecule has 0 saturated carbocycles. The van der Waals surface area contributed by atoms with Crippen molar-refractivity contribution >= 4 is 0 Å². The molecule has 1 N–H and O–H groups in total. The SMILES string of the molecule is CN1CC=CC2=C1NCCO2. The molecule has 2 heterocycles. The predicted molar refractivity (Wildman–Crippen MR) is 42.8 cm³/mol. The molecule has 0 aliphatic carbocycles. The summed E-state index contributed by atoms with van der Waals surface area (Å²) in [7, 11) is 2.06. The van der Waals surface area contributed by atoms with Crippen LogP contribution in [0.1, 0.15) is 0 Å². The van der Waals surface area contributed by atoms with E-state index in [0.717, 1.165) is 31.3 Å². The minimum Gasteiger partial charge on any atom is -0.488 e. The number of likely N-dealkylation sites (N-methyl/N-ethyl adjacent to an activating group) is 1. The normalized spacial score (nSPS) is 22.5. The van der Waals surface area contributed by atoms with E-state index >= 15 is 0 Å². The van der Waals surface area contributed by atoms with Gasteiger partial charge in [0.15, 0.2) is 5.76 Å². The van der Waals surface area contributed by atoms with Crippen molar-refractivity contribution in [1.82, 2.24) is 10.2 Å². The van der Waals surface area contributed by atoms with Gasteiger partial charge in [-0.25, -0.2) is 0 Å². The average molecular weight is 152 g/mol. The summed E-state index contributed by atoms with van der Waals surface area (Å²) < 4.78 is 5.44. The fourth-order valence-electron chi connectivity index (χ4n) is 1.35. The molecule has 0 unspecified atom stereocenters. The second-order valence-electron chi connectivity index (χ2n) is 2.77. The van der Waals surface area contributed by atoms with Gasteiger partial charge in [0.1, 0.15) is 12.4 Å². The van der Waals surface area contributed by atoms with E-state index in [1.165, 1.54) is 0 Å². The van der Waals surface area contributed by atoms with Gasteiger partial charge in [-0.1, -0.05) is 6.08 Å². The quantitative estimate of drug-likeness (QED) is 0.539. The largest absolute Gasteiger partial charge is 0.488 e. The van der Waals surface area contributed by atoms with E-state index in [-0.39, 0.29) is 0 Å². The molecule has 2 rings (SSSR count). The highest BCUT2D eigenvalue weighted by molar-refractivity contribution is 5.24. The lowest BCUT2D eigenvalue weighted by molar-refractivity contribution is 0.177. The molecular weight excluding hydrogens is 140 g/mol. The van der Waals surface area contributed by atoms with Crippen molar-refractivity contribution in [2.24, 2.45) is 0 Å². The number of nitrogens with zero attached hydrogens (tertiary/aromatic N) is 1. The number of rotatable bonds is 0. The van der Waals surface area contributed by atoms with Crippen molar-refractivity contribution in [3.05, 3.63) is 23.7 Å². The lowest BCUT2D eigenvalue weighted by Gasteiger charge is -2.30. The molecule has 0 amide bonds. The highest BCUT2D eigenvalue weighted by Crippen LogP contribution is 2.16. The van der Waals surface area contributed by atoms with Crippen molar-refractivity contribution in [2.45, 2.75) is 0 Å². The van der Waals surface area contributed by atoms with E-state index in [2.05, 4.69) is 23.3 Å². The molecule has 0 radical (unpaired) electrons. The van der Waals surface area contributed by atoms with Crippen LogP contribution in [0, 0.1) is 0 Å². The van der Waals surface area contributed by atoms with Crippen LogP contribution in [0.2, 0.25) is 0 Å². The van der Waals surface area contributed by atoms with E-state index in [1.807, 2.05) is 6.08 Å². The highest BCUT2D eigenvalue weighted by atomic mass is 16.5. The van der Waals surface area contributed by atoms with Crippen LogP contribution >= 0.6 is 0 Å². The summed E-state index contributed by atoms with van der Waals surface area (Å²) in [5.41, 5.74) is 0. The van der Waals surface area contributed by atoms with Gasteiger partial charge in [0.25, 0.3) is 0 Å². The van der Waals surface area contributed by atoms with Crippen LogP contribution in [-0.2, 0) is 4.74 Å². The van der Waals surface area contributed by atoms with E-state index in [9.17, 15) is 0 Å². The standard InChI is InChI=1S/C8H12N2O/c1-10-5-2-3-7-8(10)9-4-6-11-7/h2-3,9H,4-6H2,1H3. The molecule has 0 bridgehead atoms. The van der Waals surface area contributed by atoms with Crippen LogP contribution in [-0.4, -0.2) is 31.6 Å². The van der Waals surface area contributed by atoms with Gasteiger partial charge in [-0.05, 0) is 6.08 Å². The van der Waals surface area contributed by atoms with Gasteiger partial charge >= 0.3 is 0 Å². The van der Waals surface area contributed by atoms with E-state index in [0.29, 0.717) is 0 Å². The molecule has 11 heavy (non-hydrogen) atoms. The van der Waals surface area contributed by atoms with Crippen LogP contribution in [0.5, 0.6) is 0 Å². The predicted octanol–water partition coefficient (Wildman–Crippen LogP) is 0.277. The lowest BCUT2D eigenvalue weighted by Crippen LogP contribution is -2.37. The Kier molecular flexibility index (Phi) is 1.49. The molecule has 0 fully saturated rings. The van der Waals surface area contributed by atoms with Crippen molar-refractivity contribution in [3.8, 4) is 0 Å². The Morgan fingerprint density at radius 2 is 2.55 bits per heavy atom. The molecule has 2 aliphatic heterocycles. The fourth-order valence-corrected chi connectivity index (χ4v) is 1.35. The molecule has 0 spiro atoms. The summed E-state index contributed by atoms with van der Waals surface area (Å²) in [4.78, 5) is 2.15.